The fourth-order valence-corrected chi connectivity index (χ4v) is 3.37. The number of hydrogen-bond acceptors (Lipinski definition) is 3. The number of benzene rings is 1. The number of hydrogen-bond donors (Lipinski definition) is 2. The summed E-state index contributed by atoms with van der Waals surface area (Å²) in [4.78, 5) is 14.2. The van der Waals surface area contributed by atoms with Gasteiger partial charge in [-0.15, -0.1) is 0 Å². The molecule has 6 heteroatoms. The Kier molecular flexibility index (Phi) is 5.38. The minimum Gasteiger partial charge on any atom is -0.393 e. The van der Waals surface area contributed by atoms with Gasteiger partial charge in [-0.1, -0.05) is 25.0 Å². The number of aromatic nitrogens is 2. The van der Waals surface area contributed by atoms with E-state index in [9.17, 15) is 9.90 Å². The van der Waals surface area contributed by atoms with Gasteiger partial charge in [0.2, 0.25) is 0 Å². The van der Waals surface area contributed by atoms with Gasteiger partial charge in [0, 0.05) is 25.7 Å². The van der Waals surface area contributed by atoms with Gasteiger partial charge in [0.1, 0.15) is 0 Å². The number of aliphatic hydroxyl groups excluding tert-OH is 1. The van der Waals surface area contributed by atoms with E-state index < -0.39 is 0 Å². The van der Waals surface area contributed by atoms with Crippen LogP contribution in [0.3, 0.4) is 0 Å². The fraction of sp³-hybridized carbons (Fsp3) is 0.474. The van der Waals surface area contributed by atoms with Gasteiger partial charge in [-0.3, -0.25) is 0 Å². The quantitative estimate of drug-likeness (QED) is 0.896. The third kappa shape index (κ3) is 4.20. The molecular formula is C19H26N4O2. The third-order valence-electron chi connectivity index (χ3n) is 4.84. The third-order valence-corrected chi connectivity index (χ3v) is 4.84. The number of amides is 2. The summed E-state index contributed by atoms with van der Waals surface area (Å²) in [6, 6.07) is 9.36. The highest BCUT2D eigenvalue weighted by Gasteiger charge is 2.25. The molecular weight excluding hydrogens is 316 g/mol. The van der Waals surface area contributed by atoms with Gasteiger partial charge in [0.25, 0.3) is 0 Å². The first-order valence-corrected chi connectivity index (χ1v) is 8.86. The maximum absolute atomic E-state index is 12.6. The number of carbonyl (C=O) groups is 1. The van der Waals surface area contributed by atoms with E-state index in [1.165, 1.54) is 0 Å². The second-order valence-corrected chi connectivity index (χ2v) is 6.84. The normalized spacial score (nSPS) is 20.3. The average molecular weight is 342 g/mol. The van der Waals surface area contributed by atoms with Gasteiger partial charge in [-0.2, -0.15) is 5.10 Å². The molecule has 0 radical (unpaired) electrons. The topological polar surface area (TPSA) is 70.4 Å². The maximum atomic E-state index is 12.6. The van der Waals surface area contributed by atoms with E-state index in [0.29, 0.717) is 12.2 Å². The Morgan fingerprint density at radius 1 is 1.32 bits per heavy atom. The van der Waals surface area contributed by atoms with Crippen LogP contribution in [-0.2, 0) is 0 Å². The Hall–Kier alpha value is -2.34. The molecule has 2 N–H and O–H groups in total. The second-order valence-electron chi connectivity index (χ2n) is 6.84. The maximum Gasteiger partial charge on any atom is 0.321 e. The molecule has 0 bridgehead atoms. The summed E-state index contributed by atoms with van der Waals surface area (Å²) in [5.41, 5.74) is 2.46. The van der Waals surface area contributed by atoms with E-state index in [1.54, 1.807) is 16.6 Å². The summed E-state index contributed by atoms with van der Waals surface area (Å²) in [5.74, 6) is 0.161. The molecule has 1 saturated carbocycles. The van der Waals surface area contributed by atoms with E-state index in [0.717, 1.165) is 37.1 Å². The second kappa shape index (κ2) is 7.70. The highest BCUT2D eigenvalue weighted by molar-refractivity contribution is 5.91. The van der Waals surface area contributed by atoms with Gasteiger partial charge in [-0.05, 0) is 38.0 Å². The van der Waals surface area contributed by atoms with Crippen LogP contribution in [-0.4, -0.2) is 45.5 Å². The van der Waals surface area contributed by atoms with Crippen LogP contribution in [0.15, 0.2) is 36.5 Å². The van der Waals surface area contributed by atoms with Crippen molar-refractivity contribution in [1.82, 2.24) is 14.7 Å². The number of aliphatic hydroxyl groups is 1. The summed E-state index contributed by atoms with van der Waals surface area (Å²) in [5, 5.41) is 17.5. The van der Waals surface area contributed by atoms with Crippen molar-refractivity contribution in [2.45, 2.75) is 38.7 Å². The summed E-state index contributed by atoms with van der Waals surface area (Å²) in [6.07, 6.45) is 5.58. The molecule has 25 heavy (non-hydrogen) atoms. The summed E-state index contributed by atoms with van der Waals surface area (Å²) >= 11 is 0. The molecule has 1 aliphatic carbocycles. The SMILES string of the molecule is Cc1ccn(-c2ccccc2NC(=O)N(C)CC2CCCCC2O)n1. The average Bonchev–Trinajstić information content (AvgIpc) is 3.03. The Morgan fingerprint density at radius 3 is 2.80 bits per heavy atom. The van der Waals surface area contributed by atoms with Crippen LogP contribution in [0.1, 0.15) is 31.4 Å². The Bertz CT molecular complexity index is 728. The molecule has 1 heterocycles. The smallest absolute Gasteiger partial charge is 0.321 e. The largest absolute Gasteiger partial charge is 0.393 e. The molecule has 1 aromatic carbocycles. The molecule has 134 valence electrons. The van der Waals surface area contributed by atoms with Crippen molar-refractivity contribution < 1.29 is 9.90 Å². The van der Waals surface area contributed by atoms with Crippen molar-refractivity contribution in [3.8, 4) is 5.69 Å². The molecule has 3 rings (SSSR count). The molecule has 2 atom stereocenters. The molecule has 1 aliphatic rings. The number of urea groups is 1. The van der Waals surface area contributed by atoms with Crippen LogP contribution in [0.2, 0.25) is 0 Å². The number of anilines is 1. The van der Waals surface area contributed by atoms with Crippen LogP contribution in [0.4, 0.5) is 10.5 Å². The minimum absolute atomic E-state index is 0.161. The standard InChI is InChI=1S/C19H26N4O2/c1-14-11-12-23(21-14)17-9-5-4-8-16(17)20-19(25)22(2)13-15-7-3-6-10-18(15)24/h4-5,8-9,11-12,15,18,24H,3,6-7,10,13H2,1-2H3,(H,20,25). The van der Waals surface area contributed by atoms with Crippen molar-refractivity contribution in [2.75, 3.05) is 18.9 Å². The first kappa shape index (κ1) is 17.5. The van der Waals surface area contributed by atoms with E-state index in [2.05, 4.69) is 10.4 Å². The molecule has 0 spiro atoms. The summed E-state index contributed by atoms with van der Waals surface area (Å²) in [6.45, 7) is 2.50. The fourth-order valence-electron chi connectivity index (χ4n) is 3.37. The zero-order valence-electron chi connectivity index (χ0n) is 14.9. The number of aryl methyl sites for hydroxylation is 1. The summed E-state index contributed by atoms with van der Waals surface area (Å²) in [7, 11) is 1.78. The molecule has 6 nitrogen and oxygen atoms in total. The van der Waals surface area contributed by atoms with Crippen molar-refractivity contribution in [1.29, 1.82) is 0 Å². The summed E-state index contributed by atoms with van der Waals surface area (Å²) < 4.78 is 1.76. The van der Waals surface area contributed by atoms with Gasteiger partial charge in [0.05, 0.1) is 23.2 Å². The first-order valence-electron chi connectivity index (χ1n) is 8.86. The van der Waals surface area contributed by atoms with Gasteiger partial charge < -0.3 is 15.3 Å². The van der Waals surface area contributed by atoms with Crippen LogP contribution in [0, 0.1) is 12.8 Å². The lowest BCUT2D eigenvalue weighted by atomic mass is 9.86. The van der Waals surface area contributed by atoms with Crippen molar-refractivity contribution in [3.05, 3.63) is 42.2 Å². The van der Waals surface area contributed by atoms with Crippen LogP contribution >= 0.6 is 0 Å². The van der Waals surface area contributed by atoms with Crippen molar-refractivity contribution in [2.24, 2.45) is 5.92 Å². The number of rotatable bonds is 4. The van der Waals surface area contributed by atoms with Gasteiger partial charge in [0.15, 0.2) is 0 Å². The van der Waals surface area contributed by atoms with Crippen LogP contribution in [0.5, 0.6) is 0 Å². The molecule has 0 aliphatic heterocycles. The van der Waals surface area contributed by atoms with Crippen LogP contribution in [0.25, 0.3) is 5.69 Å². The molecule has 2 amide bonds. The van der Waals surface area contributed by atoms with E-state index in [-0.39, 0.29) is 18.1 Å². The lowest BCUT2D eigenvalue weighted by Gasteiger charge is -2.31. The molecule has 1 aromatic heterocycles. The van der Waals surface area contributed by atoms with E-state index in [1.807, 2.05) is 43.5 Å². The zero-order chi connectivity index (χ0) is 17.8. The predicted octanol–water partition coefficient (Wildman–Crippen LogP) is 3.20. The Labute approximate surface area is 148 Å². The molecule has 2 aromatic rings. The molecule has 2 unspecified atom stereocenters. The van der Waals surface area contributed by atoms with Crippen molar-refractivity contribution in [3.63, 3.8) is 0 Å². The van der Waals surface area contributed by atoms with Crippen molar-refractivity contribution >= 4 is 11.7 Å². The highest BCUT2D eigenvalue weighted by atomic mass is 16.3. The van der Waals surface area contributed by atoms with Crippen LogP contribution < -0.4 is 5.32 Å². The predicted molar refractivity (Wildman–Crippen MR) is 97.9 cm³/mol. The number of nitrogens with one attached hydrogen (secondary N) is 1. The number of carbonyl (C=O) groups excluding carboxylic acids is 1. The lowest BCUT2D eigenvalue weighted by Crippen LogP contribution is -2.40. The lowest BCUT2D eigenvalue weighted by molar-refractivity contribution is 0.0575. The Balaban J connectivity index is 1.68. The monoisotopic (exact) mass is 342 g/mol. The Morgan fingerprint density at radius 2 is 2.08 bits per heavy atom. The molecule has 1 fully saturated rings. The zero-order valence-corrected chi connectivity index (χ0v) is 14.9. The van der Waals surface area contributed by atoms with Gasteiger partial charge in [-0.25, -0.2) is 9.48 Å². The molecule has 0 saturated heterocycles. The van der Waals surface area contributed by atoms with Gasteiger partial charge >= 0.3 is 6.03 Å². The number of para-hydroxylation sites is 2. The van der Waals surface area contributed by atoms with E-state index in [4.69, 9.17) is 0 Å². The van der Waals surface area contributed by atoms with E-state index >= 15 is 0 Å². The number of nitrogens with zero attached hydrogens (tertiary/aromatic N) is 3. The first-order chi connectivity index (χ1) is 12.0. The minimum atomic E-state index is -0.302. The highest BCUT2D eigenvalue weighted by Crippen LogP contribution is 2.25.